The van der Waals surface area contributed by atoms with E-state index in [2.05, 4.69) is 0 Å². The molecule has 0 radical (unpaired) electrons. The van der Waals surface area contributed by atoms with Crippen molar-refractivity contribution in [2.45, 2.75) is 18.4 Å². The van der Waals surface area contributed by atoms with Crippen LogP contribution in [0.3, 0.4) is 0 Å². The number of hydrogen-bond donors (Lipinski definition) is 0. The van der Waals surface area contributed by atoms with Crippen molar-refractivity contribution >= 4 is 39.2 Å². The van der Waals surface area contributed by atoms with E-state index >= 15 is 0 Å². The molecule has 3 rings (SSSR count). The number of ether oxygens (including phenoxy) is 1. The van der Waals surface area contributed by atoms with Crippen LogP contribution in [0, 0.1) is 0 Å². The van der Waals surface area contributed by atoms with E-state index in [0.29, 0.717) is 49.1 Å². The fraction of sp³-hybridized carbons (Fsp3) is 0.389. The third-order valence-electron chi connectivity index (χ3n) is 4.47. The third kappa shape index (κ3) is 4.52. The first-order valence-electron chi connectivity index (χ1n) is 8.74. The summed E-state index contributed by atoms with van der Waals surface area (Å²) in [6, 6.07) is 5.86. The molecule has 1 fully saturated rings. The quantitative estimate of drug-likeness (QED) is 0.633. The number of rotatable bonds is 6. The maximum absolute atomic E-state index is 12.8. The Labute approximate surface area is 173 Å². The smallest absolute Gasteiger partial charge is 0.341 e. The number of nitrogens with zero attached hydrogens (tertiary/aromatic N) is 2. The molecule has 1 aliphatic rings. The van der Waals surface area contributed by atoms with Crippen molar-refractivity contribution < 1.29 is 22.4 Å². The average molecular weight is 447 g/mol. The molecule has 0 N–H and O–H groups in total. The van der Waals surface area contributed by atoms with Gasteiger partial charge in [-0.25, -0.2) is 13.2 Å². The fourth-order valence-electron chi connectivity index (χ4n) is 2.97. The number of piperazine rings is 1. The molecule has 0 aliphatic carbocycles. The molecule has 1 aliphatic heterocycles. The van der Waals surface area contributed by atoms with Crippen LogP contribution in [0.2, 0.25) is 10.0 Å². The van der Waals surface area contributed by atoms with Gasteiger partial charge < -0.3 is 9.15 Å². The molecular formula is C18H20Cl2N2O5S. The normalized spacial score (nSPS) is 16.2. The summed E-state index contributed by atoms with van der Waals surface area (Å²) in [5, 5.41) is 0.506. The zero-order valence-corrected chi connectivity index (χ0v) is 17.6. The Morgan fingerprint density at radius 1 is 1.14 bits per heavy atom. The van der Waals surface area contributed by atoms with E-state index in [-0.39, 0.29) is 16.5 Å². The average Bonchev–Trinajstić information content (AvgIpc) is 3.13. The minimum absolute atomic E-state index is 0.117. The predicted octanol–water partition coefficient (Wildman–Crippen LogP) is 3.27. The molecule has 10 heteroatoms. The van der Waals surface area contributed by atoms with Crippen LogP contribution >= 0.6 is 23.2 Å². The number of benzene rings is 1. The molecule has 1 saturated heterocycles. The van der Waals surface area contributed by atoms with Gasteiger partial charge in [-0.05, 0) is 31.2 Å². The van der Waals surface area contributed by atoms with Crippen molar-refractivity contribution in [3.05, 3.63) is 51.9 Å². The zero-order chi connectivity index (χ0) is 20.3. The summed E-state index contributed by atoms with van der Waals surface area (Å²) < 4.78 is 37.5. The minimum Gasteiger partial charge on any atom is -0.467 e. The Morgan fingerprint density at radius 2 is 1.86 bits per heavy atom. The first kappa shape index (κ1) is 21.1. The molecule has 2 aromatic rings. The summed E-state index contributed by atoms with van der Waals surface area (Å²) in [6.45, 7) is 4.07. The molecule has 0 spiro atoms. The summed E-state index contributed by atoms with van der Waals surface area (Å²) in [4.78, 5) is 14.1. The van der Waals surface area contributed by atoms with E-state index in [4.69, 9.17) is 32.4 Å². The van der Waals surface area contributed by atoms with Crippen LogP contribution in [0.15, 0.2) is 39.8 Å². The zero-order valence-electron chi connectivity index (χ0n) is 15.2. The van der Waals surface area contributed by atoms with Gasteiger partial charge in [-0.1, -0.05) is 23.2 Å². The van der Waals surface area contributed by atoms with E-state index in [1.807, 2.05) is 4.90 Å². The van der Waals surface area contributed by atoms with Gasteiger partial charge >= 0.3 is 5.97 Å². The summed E-state index contributed by atoms with van der Waals surface area (Å²) in [5.74, 6) is 0.0892. The predicted molar refractivity (Wildman–Crippen MR) is 105 cm³/mol. The molecule has 7 nitrogen and oxygen atoms in total. The Balaban J connectivity index is 1.64. The summed E-state index contributed by atoms with van der Waals surface area (Å²) in [5.41, 5.74) is 0.396. The van der Waals surface area contributed by atoms with E-state index in [9.17, 15) is 13.2 Å². The lowest BCUT2D eigenvalue weighted by molar-refractivity contribution is 0.0521. The van der Waals surface area contributed by atoms with Gasteiger partial charge in [0.1, 0.15) is 11.3 Å². The maximum Gasteiger partial charge on any atom is 0.341 e. The molecule has 28 heavy (non-hydrogen) atoms. The molecule has 152 valence electrons. The highest BCUT2D eigenvalue weighted by molar-refractivity contribution is 7.89. The van der Waals surface area contributed by atoms with Crippen molar-refractivity contribution in [3.8, 4) is 0 Å². The minimum atomic E-state index is -3.65. The van der Waals surface area contributed by atoms with Crippen LogP contribution in [0.25, 0.3) is 0 Å². The highest BCUT2D eigenvalue weighted by atomic mass is 35.5. The van der Waals surface area contributed by atoms with Crippen LogP contribution < -0.4 is 0 Å². The summed E-state index contributed by atoms with van der Waals surface area (Å²) >= 11 is 11.8. The van der Waals surface area contributed by atoms with Crippen molar-refractivity contribution in [2.75, 3.05) is 32.8 Å². The second-order valence-electron chi connectivity index (χ2n) is 6.23. The van der Waals surface area contributed by atoms with Crippen molar-refractivity contribution in [3.63, 3.8) is 0 Å². The van der Waals surface area contributed by atoms with Gasteiger partial charge in [-0.15, -0.1) is 0 Å². The highest BCUT2D eigenvalue weighted by Gasteiger charge is 2.30. The summed E-state index contributed by atoms with van der Waals surface area (Å²) in [6.07, 6.45) is 1.45. The number of hydrogen-bond acceptors (Lipinski definition) is 6. The van der Waals surface area contributed by atoms with Gasteiger partial charge in [0.25, 0.3) is 0 Å². The van der Waals surface area contributed by atoms with Crippen molar-refractivity contribution in [1.29, 1.82) is 0 Å². The lowest BCUT2D eigenvalue weighted by Crippen LogP contribution is -2.48. The van der Waals surface area contributed by atoms with E-state index in [1.54, 1.807) is 13.0 Å². The van der Waals surface area contributed by atoms with Gasteiger partial charge in [0.05, 0.1) is 34.4 Å². The number of carbonyl (C=O) groups is 1. The topological polar surface area (TPSA) is 80.1 Å². The first-order chi connectivity index (χ1) is 13.3. The number of furan rings is 1. The number of esters is 1. The third-order valence-corrected chi connectivity index (χ3v) is 7.10. The molecule has 0 amide bonds. The Kier molecular flexibility index (Phi) is 6.67. The molecule has 0 saturated carbocycles. The molecule has 2 heterocycles. The highest BCUT2D eigenvalue weighted by Crippen LogP contribution is 2.27. The standard InChI is InChI=1S/C18H20Cl2N2O5S/c1-2-26-18(23)14-5-10-27-17(14)12-21-6-8-22(9-7-21)28(24,25)13-3-4-15(19)16(20)11-13/h3-5,10-11H,2,6-9,12H2,1H3. The first-order valence-corrected chi connectivity index (χ1v) is 10.9. The van der Waals surface area contributed by atoms with E-state index in [0.717, 1.165) is 0 Å². The Bertz CT molecular complexity index is 953. The van der Waals surface area contributed by atoms with Gasteiger partial charge in [0.15, 0.2) is 0 Å². The molecule has 1 aromatic heterocycles. The second-order valence-corrected chi connectivity index (χ2v) is 8.99. The van der Waals surface area contributed by atoms with Gasteiger partial charge in [-0.2, -0.15) is 4.31 Å². The summed E-state index contributed by atoms with van der Waals surface area (Å²) in [7, 11) is -3.65. The van der Waals surface area contributed by atoms with Crippen molar-refractivity contribution in [1.82, 2.24) is 9.21 Å². The number of halogens is 2. The molecular weight excluding hydrogens is 427 g/mol. The van der Waals surface area contributed by atoms with Crippen molar-refractivity contribution in [2.24, 2.45) is 0 Å². The van der Waals surface area contributed by atoms with Crippen LogP contribution in [0.1, 0.15) is 23.0 Å². The maximum atomic E-state index is 12.8. The lowest BCUT2D eigenvalue weighted by Gasteiger charge is -2.33. The number of sulfonamides is 1. The Hall–Kier alpha value is -1.58. The van der Waals surface area contributed by atoms with Gasteiger partial charge in [-0.3, -0.25) is 4.90 Å². The van der Waals surface area contributed by atoms with Crippen LogP contribution in [-0.4, -0.2) is 56.4 Å². The van der Waals surface area contributed by atoms with Gasteiger partial charge in [0.2, 0.25) is 10.0 Å². The molecule has 1 aromatic carbocycles. The van der Waals surface area contributed by atoms with Gasteiger partial charge in [0, 0.05) is 26.2 Å². The van der Waals surface area contributed by atoms with Crippen LogP contribution in [0.5, 0.6) is 0 Å². The van der Waals surface area contributed by atoms with E-state index in [1.165, 1.54) is 28.8 Å². The monoisotopic (exact) mass is 446 g/mol. The SMILES string of the molecule is CCOC(=O)c1ccoc1CN1CCN(S(=O)(=O)c2ccc(Cl)c(Cl)c2)CC1. The Morgan fingerprint density at radius 3 is 2.50 bits per heavy atom. The lowest BCUT2D eigenvalue weighted by atomic mass is 10.2. The fourth-order valence-corrected chi connectivity index (χ4v) is 4.78. The van der Waals surface area contributed by atoms with Crippen LogP contribution in [-0.2, 0) is 21.3 Å². The van der Waals surface area contributed by atoms with Crippen LogP contribution in [0.4, 0.5) is 0 Å². The second kappa shape index (κ2) is 8.84. The molecule has 0 bridgehead atoms. The number of carbonyl (C=O) groups excluding carboxylic acids is 1. The van der Waals surface area contributed by atoms with E-state index < -0.39 is 16.0 Å². The largest absolute Gasteiger partial charge is 0.467 e. The molecule has 0 unspecified atom stereocenters. The molecule has 0 atom stereocenters.